The molecule has 1 aliphatic rings. The van der Waals surface area contributed by atoms with Crippen molar-refractivity contribution >= 4 is 22.9 Å². The van der Waals surface area contributed by atoms with Crippen LogP contribution >= 0.6 is 11.3 Å². The fourth-order valence-electron chi connectivity index (χ4n) is 2.59. The first-order valence-corrected chi connectivity index (χ1v) is 7.85. The second-order valence-corrected chi connectivity index (χ2v) is 6.71. The number of ether oxygens (including phenoxy) is 1. The third-order valence-electron chi connectivity index (χ3n) is 3.50. The van der Waals surface area contributed by atoms with E-state index in [0.717, 1.165) is 39.0 Å². The van der Waals surface area contributed by atoms with Gasteiger partial charge in [-0.2, -0.15) is 0 Å². The number of hydrogen-bond donors (Lipinski definition) is 1. The van der Waals surface area contributed by atoms with Gasteiger partial charge in [-0.15, -0.1) is 11.3 Å². The van der Waals surface area contributed by atoms with Crippen molar-refractivity contribution in [2.45, 2.75) is 39.7 Å². The molecular formula is C16H18N2O2S. The van der Waals surface area contributed by atoms with E-state index in [4.69, 9.17) is 4.74 Å². The van der Waals surface area contributed by atoms with Gasteiger partial charge in [0.2, 0.25) is 5.91 Å². The number of hydrogen-bond acceptors (Lipinski definition) is 4. The summed E-state index contributed by atoms with van der Waals surface area (Å²) in [5.74, 6) is 0.920. The summed E-state index contributed by atoms with van der Waals surface area (Å²) in [5.41, 5.74) is 2.93. The second-order valence-electron chi connectivity index (χ2n) is 5.42. The summed E-state index contributed by atoms with van der Waals surface area (Å²) in [6, 6.07) is 5.82. The average molecular weight is 302 g/mol. The number of nitrogens with zero attached hydrogens (tertiary/aromatic N) is 1. The molecule has 1 aliphatic heterocycles. The van der Waals surface area contributed by atoms with E-state index in [2.05, 4.69) is 10.3 Å². The number of thiazole rings is 1. The number of carbonyl (C=O) groups excluding carboxylic acids is 1. The Balaban J connectivity index is 1.68. The van der Waals surface area contributed by atoms with Crippen LogP contribution in [0.4, 0.5) is 5.69 Å². The van der Waals surface area contributed by atoms with Crippen LogP contribution in [-0.2, 0) is 17.6 Å². The fraction of sp³-hybridized carbons (Fsp3) is 0.375. The molecular weight excluding hydrogens is 284 g/mol. The standard InChI is InChI=1S/C16H18N2O2S/c1-9-6-12-7-13(4-5-14(12)20-9)18-16(19)8-15-10(2)17-11(3)21-15/h4-5,7,9H,6,8H2,1-3H3,(H,18,19). The van der Waals surface area contributed by atoms with Crippen LogP contribution in [0, 0.1) is 13.8 Å². The lowest BCUT2D eigenvalue weighted by Gasteiger charge is -2.06. The molecule has 1 aromatic heterocycles. The number of benzene rings is 1. The Morgan fingerprint density at radius 3 is 3.00 bits per heavy atom. The first-order chi connectivity index (χ1) is 10.0. The van der Waals surface area contributed by atoms with E-state index in [-0.39, 0.29) is 12.0 Å². The SMILES string of the molecule is Cc1nc(C)c(CC(=O)Nc2ccc3c(c2)CC(C)O3)s1. The van der Waals surface area contributed by atoms with E-state index < -0.39 is 0 Å². The molecule has 110 valence electrons. The third-order valence-corrected chi connectivity index (χ3v) is 4.57. The molecule has 1 unspecified atom stereocenters. The average Bonchev–Trinajstić information content (AvgIpc) is 2.90. The van der Waals surface area contributed by atoms with Crippen molar-refractivity contribution in [2.24, 2.45) is 0 Å². The predicted molar refractivity (Wildman–Crippen MR) is 84.2 cm³/mol. The highest BCUT2D eigenvalue weighted by Crippen LogP contribution is 2.31. The van der Waals surface area contributed by atoms with E-state index >= 15 is 0 Å². The quantitative estimate of drug-likeness (QED) is 0.946. The maximum absolute atomic E-state index is 12.1. The van der Waals surface area contributed by atoms with Crippen LogP contribution in [-0.4, -0.2) is 17.0 Å². The summed E-state index contributed by atoms with van der Waals surface area (Å²) in [6.07, 6.45) is 1.49. The van der Waals surface area contributed by atoms with Gasteiger partial charge in [0.15, 0.2) is 0 Å². The van der Waals surface area contributed by atoms with Crippen molar-refractivity contribution in [2.75, 3.05) is 5.32 Å². The number of aryl methyl sites for hydroxylation is 2. The van der Waals surface area contributed by atoms with Gasteiger partial charge in [-0.05, 0) is 44.5 Å². The highest BCUT2D eigenvalue weighted by atomic mass is 32.1. The smallest absolute Gasteiger partial charge is 0.229 e. The number of carbonyl (C=O) groups is 1. The summed E-state index contributed by atoms with van der Waals surface area (Å²) < 4.78 is 5.66. The van der Waals surface area contributed by atoms with Crippen molar-refractivity contribution in [3.05, 3.63) is 39.3 Å². The summed E-state index contributed by atoms with van der Waals surface area (Å²) >= 11 is 1.58. The van der Waals surface area contributed by atoms with Gasteiger partial charge < -0.3 is 10.1 Å². The Hall–Kier alpha value is -1.88. The number of fused-ring (bicyclic) bond motifs is 1. The van der Waals surface area contributed by atoms with Gasteiger partial charge in [0.05, 0.1) is 17.1 Å². The molecule has 5 heteroatoms. The van der Waals surface area contributed by atoms with Gasteiger partial charge in [0.1, 0.15) is 11.9 Å². The highest BCUT2D eigenvalue weighted by Gasteiger charge is 2.19. The van der Waals surface area contributed by atoms with Crippen LogP contribution in [0.15, 0.2) is 18.2 Å². The van der Waals surface area contributed by atoms with Gasteiger partial charge in [-0.3, -0.25) is 4.79 Å². The Bertz CT molecular complexity index is 694. The summed E-state index contributed by atoms with van der Waals surface area (Å²) in [7, 11) is 0. The Morgan fingerprint density at radius 1 is 1.48 bits per heavy atom. The van der Waals surface area contributed by atoms with Crippen LogP contribution < -0.4 is 10.1 Å². The van der Waals surface area contributed by atoms with Crippen LogP contribution in [0.25, 0.3) is 0 Å². The zero-order chi connectivity index (χ0) is 15.0. The molecule has 0 saturated heterocycles. The van der Waals surface area contributed by atoms with E-state index in [1.54, 1.807) is 11.3 Å². The normalized spacial score (nSPS) is 16.4. The Labute approximate surface area is 128 Å². The minimum atomic E-state index is -0.00587. The zero-order valence-electron chi connectivity index (χ0n) is 12.4. The fourth-order valence-corrected chi connectivity index (χ4v) is 3.52. The first-order valence-electron chi connectivity index (χ1n) is 7.03. The highest BCUT2D eigenvalue weighted by molar-refractivity contribution is 7.11. The maximum atomic E-state index is 12.1. The molecule has 0 saturated carbocycles. The second kappa shape index (κ2) is 5.48. The van der Waals surface area contributed by atoms with Crippen molar-refractivity contribution in [3.63, 3.8) is 0 Å². The number of anilines is 1. The molecule has 0 aliphatic carbocycles. The third kappa shape index (κ3) is 3.08. The van der Waals surface area contributed by atoms with Crippen LogP contribution in [0.1, 0.15) is 28.1 Å². The molecule has 3 rings (SSSR count). The molecule has 0 spiro atoms. The molecule has 2 heterocycles. The van der Waals surface area contributed by atoms with Crippen molar-refractivity contribution in [1.29, 1.82) is 0 Å². The summed E-state index contributed by atoms with van der Waals surface area (Å²) in [6.45, 7) is 5.95. The van der Waals surface area contributed by atoms with Crippen molar-refractivity contribution in [3.8, 4) is 5.75 Å². The van der Waals surface area contributed by atoms with Crippen molar-refractivity contribution in [1.82, 2.24) is 4.98 Å². The lowest BCUT2D eigenvalue weighted by atomic mass is 10.1. The topological polar surface area (TPSA) is 51.2 Å². The number of rotatable bonds is 3. The minimum absolute atomic E-state index is 0.00587. The van der Waals surface area contributed by atoms with E-state index in [9.17, 15) is 4.79 Å². The van der Waals surface area contributed by atoms with Gasteiger partial charge >= 0.3 is 0 Å². The monoisotopic (exact) mass is 302 g/mol. The largest absolute Gasteiger partial charge is 0.490 e. The Kier molecular flexibility index (Phi) is 3.68. The van der Waals surface area contributed by atoms with Gasteiger partial charge in [0.25, 0.3) is 0 Å². The van der Waals surface area contributed by atoms with Crippen LogP contribution in [0.2, 0.25) is 0 Å². The molecule has 2 aromatic rings. The first kappa shape index (κ1) is 14.1. The van der Waals surface area contributed by atoms with Gasteiger partial charge in [-0.25, -0.2) is 4.98 Å². The van der Waals surface area contributed by atoms with Crippen LogP contribution in [0.3, 0.4) is 0 Å². The number of amides is 1. The summed E-state index contributed by atoms with van der Waals surface area (Å²) in [5, 5.41) is 3.95. The molecule has 4 nitrogen and oxygen atoms in total. The predicted octanol–water partition coefficient (Wildman–Crippen LogP) is 3.26. The molecule has 21 heavy (non-hydrogen) atoms. The van der Waals surface area contributed by atoms with Crippen molar-refractivity contribution < 1.29 is 9.53 Å². The maximum Gasteiger partial charge on any atom is 0.229 e. The number of aromatic nitrogens is 1. The van der Waals surface area contributed by atoms with E-state index in [1.807, 2.05) is 39.0 Å². The molecule has 1 aromatic carbocycles. The lowest BCUT2D eigenvalue weighted by molar-refractivity contribution is -0.115. The van der Waals surface area contributed by atoms with Gasteiger partial charge in [0, 0.05) is 17.0 Å². The van der Waals surface area contributed by atoms with E-state index in [1.165, 1.54) is 0 Å². The Morgan fingerprint density at radius 2 is 2.29 bits per heavy atom. The lowest BCUT2D eigenvalue weighted by Crippen LogP contribution is -2.14. The van der Waals surface area contributed by atoms with Gasteiger partial charge in [-0.1, -0.05) is 0 Å². The van der Waals surface area contributed by atoms with Crippen LogP contribution in [0.5, 0.6) is 5.75 Å². The molecule has 0 fully saturated rings. The molecule has 1 amide bonds. The van der Waals surface area contributed by atoms with E-state index in [0.29, 0.717) is 6.42 Å². The number of nitrogens with one attached hydrogen (secondary N) is 1. The molecule has 1 N–H and O–H groups in total. The zero-order valence-corrected chi connectivity index (χ0v) is 13.2. The minimum Gasteiger partial charge on any atom is -0.490 e. The molecule has 0 bridgehead atoms. The molecule has 0 radical (unpaired) electrons. The molecule has 1 atom stereocenters. The summed E-state index contributed by atoms with van der Waals surface area (Å²) in [4.78, 5) is 17.5.